The van der Waals surface area contributed by atoms with E-state index in [-0.39, 0.29) is 70.7 Å². The Morgan fingerprint density at radius 3 is 1.15 bits per heavy atom. The summed E-state index contributed by atoms with van der Waals surface area (Å²) in [5, 5.41) is 4.31. The van der Waals surface area contributed by atoms with Crippen molar-refractivity contribution in [3.05, 3.63) is 232 Å². The van der Waals surface area contributed by atoms with E-state index in [0.717, 1.165) is 57.0 Å². The van der Waals surface area contributed by atoms with Gasteiger partial charge in [0, 0.05) is 30.2 Å². The maximum absolute atomic E-state index is 16.1. The van der Waals surface area contributed by atoms with Gasteiger partial charge in [-0.3, -0.25) is 4.57 Å². The number of hydrogen-bond acceptors (Lipinski definition) is 3. The number of halogens is 12. The molecule has 0 bridgehead atoms. The molecule has 8 aromatic carbocycles. The van der Waals surface area contributed by atoms with Crippen molar-refractivity contribution in [2.75, 3.05) is 14.2 Å². The van der Waals surface area contributed by atoms with Gasteiger partial charge in [0.2, 0.25) is 0 Å². The van der Waals surface area contributed by atoms with E-state index in [0.29, 0.717) is 35.4 Å². The number of benzene rings is 8. The molecular weight excluding hydrogens is 1320 g/mol. The topological polar surface area (TPSA) is 42.0 Å². The predicted molar refractivity (Wildman–Crippen MR) is 366 cm³/mol. The summed E-state index contributed by atoms with van der Waals surface area (Å²) in [7, 11) is -1.51. The molecule has 0 aliphatic rings. The molecule has 0 fully saturated rings. The standard InChI is InChI=1S/C32H24BF12.C32H46N2O3P2.C9H11.CH3.Ni/c1-17-5-18(2)9-25(8-17)33(26-10-19(3)6-21(13-26)29(34,35)36,27-11-20(4)7-22(14-27)30(37,38)39)28-15-23(31(40,41)42)12-24(16-28)32(43,44)45;1-23(2)33(24(3)4)39(35,34(25(5)6)26(7)8)32-21-14-13-20-31(32)38(28-17-15-16-27(22-28)36-9)30-19-12-11-18-29(30)37-10;1-7-4-8(2)6-9(3)5-7;;/h5-16H,1-4H3;11-26H,1-10H3;4-5H,1-3H3;1H3;/q-1;;2*-1;+2/p+1. The fourth-order valence-electron chi connectivity index (χ4n) is 13.0. The quantitative estimate of drug-likeness (QED) is 0.0417. The largest absolute Gasteiger partial charge is 2.00 e. The van der Waals surface area contributed by atoms with Crippen molar-refractivity contribution in [1.29, 1.82) is 0 Å². The third-order valence-electron chi connectivity index (χ3n) is 16.0. The van der Waals surface area contributed by atoms with Crippen molar-refractivity contribution in [3.8, 4) is 11.5 Å². The fourth-order valence-corrected chi connectivity index (χ4v) is 20.5. The Bertz CT molecular complexity index is 3740. The van der Waals surface area contributed by atoms with Gasteiger partial charge >= 0.3 is 41.2 Å². The van der Waals surface area contributed by atoms with E-state index < -0.39 is 84.9 Å². The van der Waals surface area contributed by atoms with Gasteiger partial charge < -0.3 is 16.9 Å². The monoisotopic (exact) mass is 1410 g/mol. The number of nitrogens with zero attached hydrogens (tertiary/aromatic N) is 2. The SMILES string of the molecule is COc1cccc([PH+](c2ccccc2OC)c2ccccc2P(=O)(N(C(C)C)C(C)C)N(C(C)C)C(C)C)c1.Cc1[c-]c(C)cc(C)c1.Cc1cc(C)cc([B-](c2cc(C)cc(C(F)(F)F)c2)(c2cc(C)cc(C(F)(F)F)c2)c2cc(C(F)(F)F)cc(C(F)(F)F)c2)c1.[CH3-].[Ni+2]. The van der Waals surface area contributed by atoms with Gasteiger partial charge in [0.25, 0.3) is 7.44 Å². The molecule has 0 aliphatic carbocycles. The van der Waals surface area contributed by atoms with Crippen molar-refractivity contribution in [2.45, 2.75) is 153 Å². The third kappa shape index (κ3) is 19.1. The van der Waals surface area contributed by atoms with Crippen LogP contribution in [0.1, 0.15) is 117 Å². The maximum atomic E-state index is 16.1. The Hall–Kier alpha value is -6.34. The number of methoxy groups -OCH3 is 2. The van der Waals surface area contributed by atoms with Gasteiger partial charge in [0.05, 0.1) is 41.8 Å². The Labute approximate surface area is 565 Å². The van der Waals surface area contributed by atoms with E-state index >= 15 is 4.57 Å². The van der Waals surface area contributed by atoms with Gasteiger partial charge in [-0.1, -0.05) is 128 Å². The first-order valence-corrected chi connectivity index (χ1v) is 33.5. The Kier molecular flexibility index (Phi) is 27.6. The molecule has 95 heavy (non-hydrogen) atoms. The molecule has 8 rings (SSSR count). The molecule has 0 saturated carbocycles. The summed E-state index contributed by atoms with van der Waals surface area (Å²) in [6, 6.07) is 42.6. The first kappa shape index (κ1) is 81.1. The van der Waals surface area contributed by atoms with Gasteiger partial charge in [-0.2, -0.15) is 109 Å². The minimum absolute atomic E-state index is 0. The predicted octanol–water partition coefficient (Wildman–Crippen LogP) is 17.5. The molecule has 0 N–H and O–H groups in total. The fraction of sp³-hybridized carbons (Fsp3) is 0.338. The van der Waals surface area contributed by atoms with E-state index in [2.05, 4.69) is 146 Å². The smallest absolute Gasteiger partial charge is 0.497 e. The third-order valence-corrected chi connectivity index (χ3v) is 23.1. The Balaban J connectivity index is 0.000000352. The zero-order valence-electron chi connectivity index (χ0n) is 56.8. The molecule has 8 aromatic rings. The Morgan fingerprint density at radius 1 is 0.421 bits per heavy atom. The number of ether oxygens (including phenoxy) is 2. The first-order valence-electron chi connectivity index (χ1n) is 30.4. The second kappa shape index (κ2) is 32.3. The molecule has 0 spiro atoms. The van der Waals surface area contributed by atoms with Crippen LogP contribution in [0.2, 0.25) is 0 Å². The molecule has 0 saturated heterocycles. The maximum Gasteiger partial charge on any atom is 2.00 e. The molecule has 0 aromatic heterocycles. The van der Waals surface area contributed by atoms with Crippen LogP contribution in [0, 0.1) is 62.0 Å². The van der Waals surface area contributed by atoms with Crippen LogP contribution in [-0.2, 0) is 45.8 Å². The van der Waals surface area contributed by atoms with Gasteiger partial charge in [0.1, 0.15) is 35.7 Å². The summed E-state index contributed by atoms with van der Waals surface area (Å²) < 4.78 is 202. The molecule has 0 amide bonds. The molecular formula is C74H85BF12N2NiO3P2. The van der Waals surface area contributed by atoms with Crippen LogP contribution in [0.5, 0.6) is 11.5 Å². The van der Waals surface area contributed by atoms with E-state index in [4.69, 9.17) is 9.47 Å². The molecule has 1 atom stereocenters. The van der Waals surface area contributed by atoms with E-state index in [1.165, 1.54) is 42.7 Å². The molecule has 516 valence electrons. The molecule has 0 aliphatic heterocycles. The van der Waals surface area contributed by atoms with Gasteiger partial charge in [0.15, 0.2) is 5.75 Å². The average molecular weight is 1410 g/mol. The summed E-state index contributed by atoms with van der Waals surface area (Å²) in [6.45, 7) is 29.0. The van der Waals surface area contributed by atoms with Crippen molar-refractivity contribution in [3.63, 3.8) is 0 Å². The van der Waals surface area contributed by atoms with E-state index in [1.807, 2.05) is 30.3 Å². The first-order chi connectivity index (χ1) is 43.1. The summed E-state index contributed by atoms with van der Waals surface area (Å²) in [6.07, 6.45) is -24.3. The van der Waals surface area contributed by atoms with Crippen LogP contribution in [0.3, 0.4) is 0 Å². The van der Waals surface area contributed by atoms with E-state index in [1.54, 1.807) is 34.1 Å². The average Bonchev–Trinajstić information content (AvgIpc) is 0.723. The number of para-hydroxylation sites is 1. The summed E-state index contributed by atoms with van der Waals surface area (Å²) in [5.74, 6) is 1.65. The van der Waals surface area contributed by atoms with Gasteiger partial charge in [-0.15, -0.1) is 0 Å². The summed E-state index contributed by atoms with van der Waals surface area (Å²) >= 11 is 0. The van der Waals surface area contributed by atoms with Crippen LogP contribution < -0.4 is 52.5 Å². The van der Waals surface area contributed by atoms with Crippen LogP contribution in [0.15, 0.2) is 158 Å². The van der Waals surface area contributed by atoms with Crippen molar-refractivity contribution in [1.82, 2.24) is 9.34 Å². The second-order valence-corrected chi connectivity index (χ2v) is 29.8. The number of hydrogen-bond donors (Lipinski definition) is 0. The van der Waals surface area contributed by atoms with Gasteiger partial charge in [-0.05, 0) is 138 Å². The minimum atomic E-state index is -5.35. The molecule has 5 nitrogen and oxygen atoms in total. The van der Waals surface area contributed by atoms with Crippen molar-refractivity contribution in [2.24, 2.45) is 0 Å². The zero-order chi connectivity index (χ0) is 69.7. The van der Waals surface area contributed by atoms with Gasteiger partial charge in [-0.25, -0.2) is 9.34 Å². The number of rotatable bonds is 16. The Morgan fingerprint density at radius 2 is 0.768 bits per heavy atom. The summed E-state index contributed by atoms with van der Waals surface area (Å²) in [4.78, 5) is 0. The summed E-state index contributed by atoms with van der Waals surface area (Å²) in [5.41, 5.74) is -3.27. The number of alkyl halides is 12. The van der Waals surface area contributed by atoms with E-state index in [9.17, 15) is 52.7 Å². The molecule has 1 unspecified atom stereocenters. The molecule has 21 heteroatoms. The van der Waals surface area contributed by atoms with Crippen molar-refractivity contribution < 1.29 is 83.2 Å². The number of aryl methyl sites for hydroxylation is 7. The van der Waals surface area contributed by atoms with Crippen LogP contribution >= 0.6 is 15.4 Å². The normalized spacial score (nSPS) is 12.7. The van der Waals surface area contributed by atoms with Crippen LogP contribution in [0.25, 0.3) is 0 Å². The zero-order valence-corrected chi connectivity index (χ0v) is 59.7. The van der Waals surface area contributed by atoms with Crippen LogP contribution in [0.4, 0.5) is 52.7 Å². The molecule has 0 heterocycles. The van der Waals surface area contributed by atoms with Crippen LogP contribution in [-0.4, -0.2) is 53.9 Å². The second-order valence-electron chi connectivity index (χ2n) is 24.9. The molecule has 0 radical (unpaired) electrons. The van der Waals surface area contributed by atoms with Crippen molar-refractivity contribution >= 4 is 64.6 Å². The minimum Gasteiger partial charge on any atom is -0.497 e.